The molecule has 1 amide bonds. The van der Waals surface area contributed by atoms with Crippen molar-refractivity contribution in [1.82, 2.24) is 10.3 Å². The third-order valence-electron chi connectivity index (χ3n) is 2.85. The summed E-state index contributed by atoms with van der Waals surface area (Å²) in [5.41, 5.74) is 1.52. The molecule has 1 aromatic heterocycles. The van der Waals surface area contributed by atoms with Gasteiger partial charge in [0.1, 0.15) is 0 Å². The maximum Gasteiger partial charge on any atom is 0.238 e. The van der Waals surface area contributed by atoms with Crippen LogP contribution in [0.4, 0.5) is 5.69 Å². The van der Waals surface area contributed by atoms with Gasteiger partial charge in [0.05, 0.1) is 22.9 Å². The Hall–Kier alpha value is -1.91. The van der Waals surface area contributed by atoms with E-state index in [9.17, 15) is 4.79 Å². The molecule has 0 aliphatic heterocycles. The van der Waals surface area contributed by atoms with Gasteiger partial charge in [0.25, 0.3) is 0 Å². The number of pyridine rings is 1. The Bertz CT molecular complexity index is 574. The molecule has 5 heteroatoms. The van der Waals surface area contributed by atoms with Crippen molar-refractivity contribution in [3.05, 3.63) is 59.4 Å². The van der Waals surface area contributed by atoms with E-state index in [1.54, 1.807) is 18.3 Å². The van der Waals surface area contributed by atoms with Gasteiger partial charge in [0.15, 0.2) is 0 Å². The lowest BCUT2D eigenvalue weighted by Crippen LogP contribution is -2.30. The standard InChI is InChI=1S/C15H16ClN3O/c1-11(13-7-4-5-9-17-13)18-10-15(20)19-14-8-3-2-6-12(14)16/h2-9,11,18H,10H2,1H3,(H,19,20). The van der Waals surface area contributed by atoms with Gasteiger partial charge in [-0.15, -0.1) is 0 Å². The summed E-state index contributed by atoms with van der Waals surface area (Å²) in [5, 5.41) is 6.41. The Balaban J connectivity index is 1.85. The first-order valence-electron chi connectivity index (χ1n) is 6.35. The molecule has 104 valence electrons. The summed E-state index contributed by atoms with van der Waals surface area (Å²) >= 11 is 5.98. The van der Waals surface area contributed by atoms with Crippen LogP contribution in [0, 0.1) is 0 Å². The summed E-state index contributed by atoms with van der Waals surface area (Å²) in [4.78, 5) is 16.1. The van der Waals surface area contributed by atoms with Crippen LogP contribution < -0.4 is 10.6 Å². The van der Waals surface area contributed by atoms with Gasteiger partial charge in [-0.3, -0.25) is 9.78 Å². The highest BCUT2D eigenvalue weighted by Crippen LogP contribution is 2.20. The number of halogens is 1. The van der Waals surface area contributed by atoms with Gasteiger partial charge < -0.3 is 10.6 Å². The van der Waals surface area contributed by atoms with E-state index in [1.165, 1.54) is 0 Å². The van der Waals surface area contributed by atoms with Crippen molar-refractivity contribution in [2.24, 2.45) is 0 Å². The van der Waals surface area contributed by atoms with E-state index >= 15 is 0 Å². The van der Waals surface area contributed by atoms with Gasteiger partial charge in [-0.05, 0) is 31.2 Å². The van der Waals surface area contributed by atoms with Crippen molar-refractivity contribution in [3.8, 4) is 0 Å². The Morgan fingerprint density at radius 3 is 2.70 bits per heavy atom. The molecule has 2 rings (SSSR count). The zero-order chi connectivity index (χ0) is 14.4. The monoisotopic (exact) mass is 289 g/mol. The van der Waals surface area contributed by atoms with Crippen LogP contribution in [0.15, 0.2) is 48.7 Å². The normalized spacial score (nSPS) is 11.9. The second-order valence-corrected chi connectivity index (χ2v) is 4.79. The molecule has 0 bridgehead atoms. The SMILES string of the molecule is CC(NCC(=O)Nc1ccccc1Cl)c1ccccn1. The predicted molar refractivity (Wildman–Crippen MR) is 80.7 cm³/mol. The van der Waals surface area contributed by atoms with E-state index in [2.05, 4.69) is 15.6 Å². The van der Waals surface area contributed by atoms with Gasteiger partial charge in [0.2, 0.25) is 5.91 Å². The number of benzene rings is 1. The summed E-state index contributed by atoms with van der Waals surface area (Å²) in [5.74, 6) is -0.138. The maximum absolute atomic E-state index is 11.8. The molecule has 20 heavy (non-hydrogen) atoms. The second kappa shape index (κ2) is 7.03. The predicted octanol–water partition coefficient (Wildman–Crippen LogP) is 3.02. The number of hydrogen-bond donors (Lipinski definition) is 2. The molecule has 0 fully saturated rings. The number of aromatic nitrogens is 1. The summed E-state index contributed by atoms with van der Waals surface area (Å²) < 4.78 is 0. The highest BCUT2D eigenvalue weighted by atomic mass is 35.5. The molecule has 0 saturated carbocycles. The number of carbonyl (C=O) groups is 1. The molecule has 1 atom stereocenters. The molecule has 0 aliphatic rings. The lowest BCUT2D eigenvalue weighted by atomic mass is 10.2. The van der Waals surface area contributed by atoms with Gasteiger partial charge in [0, 0.05) is 12.2 Å². The van der Waals surface area contributed by atoms with Crippen molar-refractivity contribution in [2.75, 3.05) is 11.9 Å². The molecular formula is C15H16ClN3O. The number of hydrogen-bond acceptors (Lipinski definition) is 3. The molecule has 2 aromatic rings. The second-order valence-electron chi connectivity index (χ2n) is 4.39. The molecule has 0 radical (unpaired) electrons. The molecule has 4 nitrogen and oxygen atoms in total. The minimum atomic E-state index is -0.138. The number of amides is 1. The fourth-order valence-electron chi connectivity index (χ4n) is 1.74. The van der Waals surface area contributed by atoms with E-state index < -0.39 is 0 Å². The van der Waals surface area contributed by atoms with Crippen LogP contribution in [0.25, 0.3) is 0 Å². The number of carbonyl (C=O) groups excluding carboxylic acids is 1. The lowest BCUT2D eigenvalue weighted by Gasteiger charge is -2.13. The smallest absolute Gasteiger partial charge is 0.238 e. The first kappa shape index (κ1) is 14.5. The zero-order valence-corrected chi connectivity index (χ0v) is 11.9. The fourth-order valence-corrected chi connectivity index (χ4v) is 1.92. The van der Waals surface area contributed by atoms with E-state index in [0.717, 1.165) is 5.69 Å². The summed E-state index contributed by atoms with van der Waals surface area (Å²) in [6.07, 6.45) is 1.73. The molecule has 2 N–H and O–H groups in total. The van der Waals surface area contributed by atoms with Crippen LogP contribution in [-0.4, -0.2) is 17.4 Å². The first-order chi connectivity index (χ1) is 9.66. The van der Waals surface area contributed by atoms with Crippen molar-refractivity contribution in [3.63, 3.8) is 0 Å². The van der Waals surface area contributed by atoms with Crippen molar-refractivity contribution >= 4 is 23.2 Å². The van der Waals surface area contributed by atoms with E-state index in [-0.39, 0.29) is 18.5 Å². The zero-order valence-electron chi connectivity index (χ0n) is 11.1. The third-order valence-corrected chi connectivity index (χ3v) is 3.18. The minimum absolute atomic E-state index is 0.00759. The number of para-hydroxylation sites is 1. The summed E-state index contributed by atoms with van der Waals surface area (Å²) in [7, 11) is 0. The van der Waals surface area contributed by atoms with Crippen molar-refractivity contribution in [1.29, 1.82) is 0 Å². The topological polar surface area (TPSA) is 54.0 Å². The van der Waals surface area contributed by atoms with Crippen molar-refractivity contribution < 1.29 is 4.79 Å². The van der Waals surface area contributed by atoms with Crippen LogP contribution in [0.5, 0.6) is 0 Å². The van der Waals surface area contributed by atoms with Gasteiger partial charge >= 0.3 is 0 Å². The molecule has 1 heterocycles. The molecule has 0 saturated heterocycles. The molecule has 1 aromatic carbocycles. The van der Waals surface area contributed by atoms with E-state index in [4.69, 9.17) is 11.6 Å². The van der Waals surface area contributed by atoms with Gasteiger partial charge in [-0.25, -0.2) is 0 Å². The van der Waals surface area contributed by atoms with Crippen LogP contribution in [0.1, 0.15) is 18.7 Å². The minimum Gasteiger partial charge on any atom is -0.324 e. The molecule has 1 unspecified atom stereocenters. The van der Waals surface area contributed by atoms with Crippen LogP contribution in [0.3, 0.4) is 0 Å². The Morgan fingerprint density at radius 1 is 1.25 bits per heavy atom. The van der Waals surface area contributed by atoms with Crippen molar-refractivity contribution in [2.45, 2.75) is 13.0 Å². The first-order valence-corrected chi connectivity index (χ1v) is 6.73. The highest BCUT2D eigenvalue weighted by Gasteiger charge is 2.09. The van der Waals surface area contributed by atoms with Gasteiger partial charge in [-0.1, -0.05) is 29.8 Å². The largest absolute Gasteiger partial charge is 0.324 e. The summed E-state index contributed by atoms with van der Waals surface area (Å²) in [6, 6.07) is 12.9. The highest BCUT2D eigenvalue weighted by molar-refractivity contribution is 6.33. The van der Waals surface area contributed by atoms with Crippen LogP contribution in [0.2, 0.25) is 5.02 Å². The number of rotatable bonds is 5. The fraction of sp³-hybridized carbons (Fsp3) is 0.200. The van der Waals surface area contributed by atoms with E-state index in [0.29, 0.717) is 10.7 Å². The third kappa shape index (κ3) is 4.05. The Morgan fingerprint density at radius 2 is 2.00 bits per heavy atom. The maximum atomic E-state index is 11.8. The molecule has 0 spiro atoms. The number of anilines is 1. The lowest BCUT2D eigenvalue weighted by molar-refractivity contribution is -0.115. The number of nitrogens with one attached hydrogen (secondary N) is 2. The average molecular weight is 290 g/mol. The molecular weight excluding hydrogens is 274 g/mol. The average Bonchev–Trinajstić information content (AvgIpc) is 2.48. The number of nitrogens with zero attached hydrogens (tertiary/aromatic N) is 1. The van der Waals surface area contributed by atoms with E-state index in [1.807, 2.05) is 37.3 Å². The van der Waals surface area contributed by atoms with Gasteiger partial charge in [-0.2, -0.15) is 0 Å². The summed E-state index contributed by atoms with van der Waals surface area (Å²) in [6.45, 7) is 2.16. The molecule has 0 aliphatic carbocycles. The van der Waals surface area contributed by atoms with Crippen LogP contribution >= 0.6 is 11.6 Å². The Kier molecular flexibility index (Phi) is 5.09. The quantitative estimate of drug-likeness (QED) is 0.889. The van der Waals surface area contributed by atoms with Crippen LogP contribution in [-0.2, 0) is 4.79 Å². The Labute approximate surface area is 123 Å².